The molecule has 1 nitrogen and oxygen atoms in total. The summed E-state index contributed by atoms with van der Waals surface area (Å²) in [7, 11) is 0. The first kappa shape index (κ1) is 7.36. The summed E-state index contributed by atoms with van der Waals surface area (Å²) in [6, 6.07) is 11.1. The van der Waals surface area contributed by atoms with Gasteiger partial charge >= 0.3 is 0 Å². The number of nitrogens with one attached hydrogen (secondary N) is 1. The average Bonchev–Trinajstić information content (AvgIpc) is 2.33. The SMILES string of the molecule is [Ni].[c-]1c[nH]c2ccccc12. The Kier molecular flexibility index (Phi) is 2.13. The van der Waals surface area contributed by atoms with Gasteiger partial charge in [-0.1, -0.05) is 23.8 Å². The number of benzene rings is 1. The van der Waals surface area contributed by atoms with Crippen molar-refractivity contribution in [3.05, 3.63) is 36.5 Å². The molecule has 0 fully saturated rings. The maximum Gasteiger partial charge on any atom is 0 e. The zero-order chi connectivity index (χ0) is 6.10. The van der Waals surface area contributed by atoms with Crippen LogP contribution in [0.15, 0.2) is 30.5 Å². The van der Waals surface area contributed by atoms with Crippen LogP contribution in [0.2, 0.25) is 0 Å². The van der Waals surface area contributed by atoms with E-state index in [1.54, 1.807) is 0 Å². The minimum atomic E-state index is 0. The van der Waals surface area contributed by atoms with Crippen molar-refractivity contribution >= 4 is 10.9 Å². The standard InChI is InChI=1S/C8H6N.Ni/c1-2-4-8-7(3-1)5-6-9-8;/h1-4,6,9H;/q-1;. The number of fused-ring (bicyclic) bond motifs is 1. The summed E-state index contributed by atoms with van der Waals surface area (Å²) in [4.78, 5) is 3.06. The largest absolute Gasteiger partial charge is 0.424 e. The first-order valence-electron chi connectivity index (χ1n) is 2.90. The number of para-hydroxylation sites is 1. The number of hydrogen-bond donors (Lipinski definition) is 1. The summed E-state index contributed by atoms with van der Waals surface area (Å²) < 4.78 is 0. The minimum absolute atomic E-state index is 0. The molecule has 1 N–H and O–H groups in total. The Labute approximate surface area is 69.4 Å². The van der Waals surface area contributed by atoms with Gasteiger partial charge in [0.1, 0.15) is 0 Å². The molecule has 54 valence electrons. The molecule has 0 unspecified atom stereocenters. The summed E-state index contributed by atoms with van der Waals surface area (Å²) in [5.74, 6) is 0. The topological polar surface area (TPSA) is 15.8 Å². The van der Waals surface area contributed by atoms with E-state index < -0.39 is 0 Å². The predicted molar refractivity (Wildman–Crippen MR) is 37.1 cm³/mol. The molecule has 10 heavy (non-hydrogen) atoms. The predicted octanol–water partition coefficient (Wildman–Crippen LogP) is 1.97. The van der Waals surface area contributed by atoms with Gasteiger partial charge in [0.25, 0.3) is 0 Å². The van der Waals surface area contributed by atoms with Crippen molar-refractivity contribution < 1.29 is 16.5 Å². The van der Waals surface area contributed by atoms with E-state index in [0.29, 0.717) is 0 Å². The van der Waals surface area contributed by atoms with Gasteiger partial charge in [-0.3, -0.25) is 0 Å². The van der Waals surface area contributed by atoms with E-state index in [1.165, 1.54) is 0 Å². The molecule has 0 spiro atoms. The second-order valence-corrected chi connectivity index (χ2v) is 1.98. The fraction of sp³-hybridized carbons (Fsp3) is 0. The van der Waals surface area contributed by atoms with Crippen LogP contribution in [-0.4, -0.2) is 4.98 Å². The van der Waals surface area contributed by atoms with Gasteiger partial charge in [-0.25, -0.2) is 0 Å². The monoisotopic (exact) mass is 174 g/mol. The van der Waals surface area contributed by atoms with Crippen LogP contribution < -0.4 is 0 Å². The van der Waals surface area contributed by atoms with Crippen molar-refractivity contribution in [2.75, 3.05) is 0 Å². The van der Waals surface area contributed by atoms with E-state index in [0.717, 1.165) is 10.9 Å². The second-order valence-electron chi connectivity index (χ2n) is 1.98. The third kappa shape index (κ3) is 1.07. The van der Waals surface area contributed by atoms with Crippen LogP contribution in [0.1, 0.15) is 0 Å². The molecule has 1 aromatic heterocycles. The molecule has 2 heteroatoms. The van der Waals surface area contributed by atoms with Gasteiger partial charge in [-0.15, -0.1) is 6.07 Å². The van der Waals surface area contributed by atoms with E-state index in [1.807, 2.05) is 30.5 Å². The summed E-state index contributed by atoms with van der Waals surface area (Å²) in [5, 5.41) is 1.15. The van der Waals surface area contributed by atoms with Crippen molar-refractivity contribution in [3.63, 3.8) is 0 Å². The van der Waals surface area contributed by atoms with Gasteiger partial charge in [-0.05, 0) is 0 Å². The van der Waals surface area contributed by atoms with Gasteiger partial charge in [0.2, 0.25) is 0 Å². The zero-order valence-corrected chi connectivity index (χ0v) is 6.19. The second kappa shape index (κ2) is 2.89. The first-order chi connectivity index (χ1) is 4.47. The molecule has 0 amide bonds. The van der Waals surface area contributed by atoms with Crippen LogP contribution in [0.4, 0.5) is 0 Å². The maximum absolute atomic E-state index is 3.06. The summed E-state index contributed by atoms with van der Waals surface area (Å²) in [6.07, 6.45) is 1.82. The van der Waals surface area contributed by atoms with Crippen LogP contribution >= 0.6 is 0 Å². The van der Waals surface area contributed by atoms with Crippen molar-refractivity contribution in [1.82, 2.24) is 4.98 Å². The van der Waals surface area contributed by atoms with Crippen molar-refractivity contribution in [1.29, 1.82) is 0 Å². The molecule has 1 heterocycles. The Morgan fingerprint density at radius 1 is 1.20 bits per heavy atom. The number of H-pyrrole nitrogens is 1. The molecule has 1 aromatic carbocycles. The molecule has 0 bridgehead atoms. The molecule has 0 aliphatic rings. The molecule has 0 saturated heterocycles. The summed E-state index contributed by atoms with van der Waals surface area (Å²) in [6.45, 7) is 0. The molecule has 2 aromatic rings. The quantitative estimate of drug-likeness (QED) is 0.465. The van der Waals surface area contributed by atoms with Gasteiger partial charge < -0.3 is 4.98 Å². The average molecular weight is 175 g/mol. The molecule has 0 saturated carbocycles. The van der Waals surface area contributed by atoms with Crippen LogP contribution in [0, 0.1) is 6.07 Å². The van der Waals surface area contributed by atoms with E-state index in [2.05, 4.69) is 11.1 Å². The molecule has 0 radical (unpaired) electrons. The van der Waals surface area contributed by atoms with Crippen molar-refractivity contribution in [2.24, 2.45) is 0 Å². The minimum Gasteiger partial charge on any atom is -0.424 e. The normalized spacial score (nSPS) is 9.20. The van der Waals surface area contributed by atoms with Crippen molar-refractivity contribution in [3.8, 4) is 0 Å². The van der Waals surface area contributed by atoms with E-state index in [9.17, 15) is 0 Å². The van der Waals surface area contributed by atoms with Gasteiger partial charge in [0, 0.05) is 16.5 Å². The molecule has 0 aliphatic carbocycles. The van der Waals surface area contributed by atoms with Gasteiger partial charge in [0.05, 0.1) is 0 Å². The summed E-state index contributed by atoms with van der Waals surface area (Å²) >= 11 is 0. The van der Waals surface area contributed by atoms with Crippen LogP contribution in [0.3, 0.4) is 0 Å². The fourth-order valence-corrected chi connectivity index (χ4v) is 0.926. The Balaban J connectivity index is 0.000000500. The maximum atomic E-state index is 3.06. The third-order valence-electron chi connectivity index (χ3n) is 1.38. The van der Waals surface area contributed by atoms with Gasteiger partial charge in [-0.2, -0.15) is 17.5 Å². The van der Waals surface area contributed by atoms with Crippen molar-refractivity contribution in [2.45, 2.75) is 0 Å². The molecule has 0 atom stereocenters. The number of hydrogen-bond acceptors (Lipinski definition) is 0. The smallest absolute Gasteiger partial charge is 0 e. The first-order valence-corrected chi connectivity index (χ1v) is 2.90. The number of aromatic amines is 1. The van der Waals surface area contributed by atoms with Crippen LogP contribution in [-0.2, 0) is 16.5 Å². The summed E-state index contributed by atoms with van der Waals surface area (Å²) in [5.41, 5.74) is 1.15. The third-order valence-corrected chi connectivity index (χ3v) is 1.38. The Morgan fingerprint density at radius 3 is 2.80 bits per heavy atom. The zero-order valence-electron chi connectivity index (χ0n) is 5.20. The molecule has 2 rings (SSSR count). The number of aromatic nitrogens is 1. The Bertz CT molecular complexity index is 283. The Morgan fingerprint density at radius 2 is 2.00 bits per heavy atom. The molecule has 0 aliphatic heterocycles. The van der Waals surface area contributed by atoms with Crippen LogP contribution in [0.25, 0.3) is 10.9 Å². The van der Waals surface area contributed by atoms with Gasteiger partial charge in [0.15, 0.2) is 0 Å². The molecular weight excluding hydrogens is 169 g/mol. The van der Waals surface area contributed by atoms with E-state index >= 15 is 0 Å². The molecular formula is C8H6NNi-. The van der Waals surface area contributed by atoms with E-state index in [4.69, 9.17) is 0 Å². The van der Waals surface area contributed by atoms with E-state index in [-0.39, 0.29) is 16.5 Å². The number of rotatable bonds is 0. The van der Waals surface area contributed by atoms with Crippen LogP contribution in [0.5, 0.6) is 0 Å². The fourth-order valence-electron chi connectivity index (χ4n) is 0.926. The Hall–Kier alpha value is -0.746.